The summed E-state index contributed by atoms with van der Waals surface area (Å²) in [5, 5.41) is 19.5. The zero-order valence-electron chi connectivity index (χ0n) is 22.0. The van der Waals surface area contributed by atoms with Gasteiger partial charge in [0.2, 0.25) is 12.0 Å². The number of nitrogens with one attached hydrogen (secondary N) is 2. The third-order valence-electron chi connectivity index (χ3n) is 7.28. The fourth-order valence-corrected chi connectivity index (χ4v) is 8.26. The molecule has 1 amide bonds. The standard InChI is InChI=1S/C20H23FN10O9P2S2/c21-11-13-10(38-19(11)30-2-1-8-14(22)24-6-25-15(8)30)5-36-41(33,43)39-9-3-7(4-35-42(34,44)40-13)37-18(9)31-16-12(28-29-31)17(32)27-20(23)26-16/h1-2,6-7,9-13,18-19H,3-5H2,(H,33,43)(H,34,44)(H2,22,24,25)(H2,23,27,32)/t7-,9+,10+,11-,12?,13+,18+,19+,41?,42?/m0/s1. The lowest BCUT2D eigenvalue weighted by atomic mass is 10.1. The fourth-order valence-electron chi connectivity index (χ4n) is 5.36. The van der Waals surface area contributed by atoms with Crippen LogP contribution < -0.4 is 11.1 Å². The number of amides is 1. The number of fused-ring (bicyclic) bond motifs is 5. The lowest BCUT2D eigenvalue weighted by Crippen LogP contribution is -2.52. The number of aromatic nitrogens is 3. The van der Waals surface area contributed by atoms with Crippen LogP contribution in [0.3, 0.4) is 0 Å². The Morgan fingerprint density at radius 3 is 2.70 bits per heavy atom. The van der Waals surface area contributed by atoms with Gasteiger partial charge in [0.1, 0.15) is 36.1 Å². The molecule has 2 bridgehead atoms. The van der Waals surface area contributed by atoms with Crippen molar-refractivity contribution in [1.82, 2.24) is 24.9 Å². The van der Waals surface area contributed by atoms with Crippen LogP contribution in [0.1, 0.15) is 12.6 Å². The molecule has 0 saturated carbocycles. The molecule has 19 nitrogen and oxygen atoms in total. The average molecular weight is 693 g/mol. The zero-order valence-corrected chi connectivity index (χ0v) is 25.4. The molecule has 3 saturated heterocycles. The number of nitrogens with zero attached hydrogens (tertiary/aromatic N) is 7. The number of rotatable bonds is 2. The van der Waals surface area contributed by atoms with Crippen molar-refractivity contribution in [3.63, 3.8) is 0 Å². The number of hydrogen-bond donors (Lipinski definition) is 5. The molecule has 0 aliphatic carbocycles. The number of nitrogens with two attached hydrogens (primary N) is 1. The molecule has 3 fully saturated rings. The molecular formula is C20H23FN10O9P2S2. The highest BCUT2D eigenvalue weighted by Crippen LogP contribution is 2.53. The summed E-state index contributed by atoms with van der Waals surface area (Å²) < 4.78 is 51.9. The van der Waals surface area contributed by atoms with Gasteiger partial charge < -0.3 is 43.1 Å². The predicted molar refractivity (Wildman–Crippen MR) is 152 cm³/mol. The van der Waals surface area contributed by atoms with Crippen LogP contribution in [0.25, 0.3) is 11.0 Å². The van der Waals surface area contributed by atoms with Gasteiger partial charge in [0.25, 0.3) is 5.91 Å². The number of hydrogen-bond acceptors (Lipinski definition) is 16. The van der Waals surface area contributed by atoms with Crippen molar-refractivity contribution >= 4 is 71.6 Å². The molecular weight excluding hydrogens is 669 g/mol. The highest BCUT2D eigenvalue weighted by Gasteiger charge is 2.53. The van der Waals surface area contributed by atoms with Gasteiger partial charge in [-0.15, -0.1) is 5.11 Å². The van der Waals surface area contributed by atoms with E-state index in [0.29, 0.717) is 5.39 Å². The minimum atomic E-state index is -4.13. The Labute approximate surface area is 256 Å². The Hall–Kier alpha value is -2.46. The number of halogens is 1. The number of carbonyl (C=O) groups is 1. The maximum Gasteiger partial charge on any atom is 0.325 e. The van der Waals surface area contributed by atoms with Gasteiger partial charge in [-0.05, 0) is 29.7 Å². The number of aliphatic imine (C=N–C) groups is 1. The molecule has 5 aliphatic heterocycles. The normalized spacial score (nSPS) is 41.0. The first-order valence-corrected chi connectivity index (χ1v) is 18.1. The second-order valence-corrected chi connectivity index (χ2v) is 15.7. The predicted octanol–water partition coefficient (Wildman–Crippen LogP) is 0.129. The molecule has 3 unspecified atom stereocenters. The van der Waals surface area contributed by atoms with Gasteiger partial charge in [-0.3, -0.25) is 20.0 Å². The van der Waals surface area contributed by atoms with E-state index in [-0.39, 0.29) is 30.3 Å². The van der Waals surface area contributed by atoms with Gasteiger partial charge in [0.15, 0.2) is 24.5 Å². The summed E-state index contributed by atoms with van der Waals surface area (Å²) in [7, 11) is 0. The first kappa shape index (κ1) is 30.2. The molecule has 236 valence electrons. The summed E-state index contributed by atoms with van der Waals surface area (Å²) in [6.07, 6.45) is -6.30. The molecule has 0 aromatic carbocycles. The van der Waals surface area contributed by atoms with Crippen LogP contribution in [0.4, 0.5) is 10.2 Å². The highest BCUT2D eigenvalue weighted by molar-refractivity contribution is 8.07. The first-order valence-electron chi connectivity index (χ1n) is 12.9. The van der Waals surface area contributed by atoms with E-state index in [1.54, 1.807) is 6.07 Å². The number of nitrogen functional groups attached to an aromatic ring is 1. The third kappa shape index (κ3) is 5.48. The Morgan fingerprint density at radius 1 is 1.11 bits per heavy atom. The van der Waals surface area contributed by atoms with E-state index in [2.05, 4.69) is 30.6 Å². The smallest absolute Gasteiger partial charge is 0.325 e. The van der Waals surface area contributed by atoms with Gasteiger partial charge in [0.05, 0.1) is 24.7 Å². The minimum Gasteiger partial charge on any atom is -0.383 e. The summed E-state index contributed by atoms with van der Waals surface area (Å²) in [5.41, 5.74) is 6.20. The maximum absolute atomic E-state index is 16.0. The van der Waals surface area contributed by atoms with Crippen molar-refractivity contribution in [3.8, 4) is 0 Å². The molecule has 44 heavy (non-hydrogen) atoms. The van der Waals surface area contributed by atoms with Crippen molar-refractivity contribution in [2.75, 3.05) is 18.9 Å². The molecule has 7 rings (SSSR count). The third-order valence-corrected chi connectivity index (χ3v) is 10.4. The molecule has 0 radical (unpaired) electrons. The molecule has 5 aliphatic rings. The van der Waals surface area contributed by atoms with Gasteiger partial charge in [-0.2, -0.15) is 10.0 Å². The number of ether oxygens (including phenoxy) is 2. The van der Waals surface area contributed by atoms with Crippen molar-refractivity contribution in [1.29, 1.82) is 5.41 Å². The van der Waals surface area contributed by atoms with Gasteiger partial charge in [-0.25, -0.2) is 14.4 Å². The van der Waals surface area contributed by atoms with Crippen LogP contribution in [0.2, 0.25) is 0 Å². The quantitative estimate of drug-likeness (QED) is 0.263. The van der Waals surface area contributed by atoms with Crippen LogP contribution in [-0.2, 0) is 56.0 Å². The second-order valence-electron chi connectivity index (χ2n) is 10.1. The van der Waals surface area contributed by atoms with E-state index >= 15 is 4.39 Å². The van der Waals surface area contributed by atoms with Crippen LogP contribution in [-0.4, -0.2) is 103 Å². The Balaban J connectivity index is 1.15. The number of carbonyl (C=O) groups excluding carboxylic acids is 1. The van der Waals surface area contributed by atoms with E-state index in [1.165, 1.54) is 17.1 Å². The Morgan fingerprint density at radius 2 is 1.89 bits per heavy atom. The van der Waals surface area contributed by atoms with Crippen molar-refractivity contribution in [2.45, 2.75) is 55.5 Å². The summed E-state index contributed by atoms with van der Waals surface area (Å²) in [6.45, 7) is -9.09. The van der Waals surface area contributed by atoms with E-state index in [0.717, 1.165) is 5.01 Å². The number of anilines is 1. The monoisotopic (exact) mass is 692 g/mol. The second kappa shape index (κ2) is 11.1. The van der Waals surface area contributed by atoms with E-state index < -0.39 is 81.0 Å². The Kier molecular flexibility index (Phi) is 7.63. The lowest BCUT2D eigenvalue weighted by Gasteiger charge is -2.30. The van der Waals surface area contributed by atoms with E-state index in [9.17, 15) is 14.6 Å². The van der Waals surface area contributed by atoms with Crippen LogP contribution in [0, 0.1) is 5.41 Å². The highest BCUT2D eigenvalue weighted by atomic mass is 32.5. The van der Waals surface area contributed by atoms with Gasteiger partial charge in [-0.1, -0.05) is 5.22 Å². The molecule has 6 N–H and O–H groups in total. The Bertz CT molecular complexity index is 1700. The fraction of sp³-hybridized carbons (Fsp3) is 0.550. The van der Waals surface area contributed by atoms with Crippen LogP contribution in [0.15, 0.2) is 33.9 Å². The van der Waals surface area contributed by atoms with Crippen molar-refractivity contribution in [2.24, 2.45) is 15.3 Å². The summed E-state index contributed by atoms with van der Waals surface area (Å²) in [6, 6.07) is 0.466. The molecule has 7 heterocycles. The summed E-state index contributed by atoms with van der Waals surface area (Å²) >= 11 is 10.5. The average Bonchev–Trinajstić information content (AvgIpc) is 3.72. The number of alkyl halides is 1. The SMILES string of the molecule is N=C1N=C2C(N=NN2[C@@H]2O[C@@H]3COP(O)(=S)O[C@H]4[C@H](F)[C@H](n5ccc6c(N)ncnc65)O[C@@H]4COP(O)(=S)O[C@@H]2C3)C(=O)N1. The molecule has 10 atom stereocenters. The van der Waals surface area contributed by atoms with Crippen molar-refractivity contribution < 1.29 is 46.5 Å². The van der Waals surface area contributed by atoms with E-state index in [4.69, 9.17) is 62.3 Å². The zero-order chi connectivity index (χ0) is 31.0. The molecule has 0 spiro atoms. The summed E-state index contributed by atoms with van der Waals surface area (Å²) in [4.78, 5) is 46.3. The van der Waals surface area contributed by atoms with Crippen LogP contribution in [0.5, 0.6) is 0 Å². The largest absolute Gasteiger partial charge is 0.383 e. The summed E-state index contributed by atoms with van der Waals surface area (Å²) in [5.74, 6) is -0.865. The topological polar surface area (TPSA) is 246 Å². The number of amidine groups is 1. The first-order chi connectivity index (χ1) is 20.9. The van der Waals surface area contributed by atoms with Crippen molar-refractivity contribution in [3.05, 3.63) is 18.6 Å². The molecule has 2 aromatic heterocycles. The molecule has 2 aromatic rings. The number of guanidine groups is 1. The van der Waals surface area contributed by atoms with Gasteiger partial charge >= 0.3 is 13.4 Å². The van der Waals surface area contributed by atoms with E-state index in [1.807, 2.05) is 0 Å². The van der Waals surface area contributed by atoms with Gasteiger partial charge in [0, 0.05) is 12.6 Å². The lowest BCUT2D eigenvalue weighted by molar-refractivity contribution is -0.119. The molecule has 24 heteroatoms. The van der Waals surface area contributed by atoms with Crippen LogP contribution >= 0.6 is 13.4 Å². The maximum atomic E-state index is 16.0. The minimum absolute atomic E-state index is 0.00501.